The van der Waals surface area contributed by atoms with Crippen molar-refractivity contribution < 1.29 is 19.5 Å². The molecule has 170 valence electrons. The van der Waals surface area contributed by atoms with Crippen LogP contribution in [0.4, 0.5) is 4.79 Å². The van der Waals surface area contributed by atoms with Gasteiger partial charge in [0.05, 0.1) is 12.1 Å². The Hall–Kier alpha value is -3.72. The molecule has 0 aliphatic carbocycles. The van der Waals surface area contributed by atoms with Crippen molar-refractivity contribution in [2.24, 2.45) is 5.10 Å². The second-order valence-electron chi connectivity index (χ2n) is 7.04. The minimum Gasteiger partial charge on any atom is -0.480 e. The number of benzene rings is 2. The molecule has 3 amide bonds. The van der Waals surface area contributed by atoms with Gasteiger partial charge in [-0.2, -0.15) is 5.10 Å². The van der Waals surface area contributed by atoms with Crippen LogP contribution in [0.1, 0.15) is 36.9 Å². The van der Waals surface area contributed by atoms with Gasteiger partial charge in [0.15, 0.2) is 0 Å². The van der Waals surface area contributed by atoms with Crippen LogP contribution in [-0.4, -0.2) is 48.4 Å². The molecule has 1 unspecified atom stereocenters. The molecule has 32 heavy (non-hydrogen) atoms. The van der Waals surface area contributed by atoms with Gasteiger partial charge in [-0.15, -0.1) is 0 Å². The lowest BCUT2D eigenvalue weighted by Gasteiger charge is -2.20. The highest BCUT2D eigenvalue weighted by Gasteiger charge is 2.23. The number of hydrogen-bond acceptors (Lipinski definition) is 5. The summed E-state index contributed by atoms with van der Waals surface area (Å²) >= 11 is 0. The van der Waals surface area contributed by atoms with E-state index in [9.17, 15) is 14.4 Å². The molecule has 9 heteroatoms. The van der Waals surface area contributed by atoms with Gasteiger partial charge in [0, 0.05) is 0 Å². The fourth-order valence-electron chi connectivity index (χ4n) is 3.16. The summed E-state index contributed by atoms with van der Waals surface area (Å²) in [6.07, 6.45) is 1.34. The second-order valence-corrected chi connectivity index (χ2v) is 7.04. The maximum Gasteiger partial charge on any atom is 0.335 e. The van der Waals surface area contributed by atoms with E-state index in [1.807, 2.05) is 67.6 Å². The first kappa shape index (κ1) is 24.5. The molecule has 0 radical (unpaired) electrons. The van der Waals surface area contributed by atoms with Gasteiger partial charge in [0.25, 0.3) is 5.91 Å². The quantitative estimate of drug-likeness (QED) is 0.270. The van der Waals surface area contributed by atoms with E-state index < -0.39 is 36.5 Å². The number of amides is 3. The van der Waals surface area contributed by atoms with Gasteiger partial charge >= 0.3 is 12.0 Å². The number of carbonyl (C=O) groups is 3. The van der Waals surface area contributed by atoms with Gasteiger partial charge in [-0.25, -0.2) is 10.2 Å². The third-order valence-electron chi connectivity index (χ3n) is 4.71. The lowest BCUT2D eigenvalue weighted by molar-refractivity contribution is -0.137. The summed E-state index contributed by atoms with van der Waals surface area (Å²) in [5, 5.41) is 21.0. The van der Waals surface area contributed by atoms with Gasteiger partial charge in [-0.1, -0.05) is 74.0 Å². The van der Waals surface area contributed by atoms with Crippen molar-refractivity contribution in [1.29, 1.82) is 0 Å². The monoisotopic (exact) mass is 439 g/mol. The van der Waals surface area contributed by atoms with Crippen molar-refractivity contribution in [1.82, 2.24) is 21.4 Å². The van der Waals surface area contributed by atoms with Crippen LogP contribution in [0.2, 0.25) is 0 Å². The average molecular weight is 440 g/mol. The van der Waals surface area contributed by atoms with Crippen molar-refractivity contribution in [3.63, 3.8) is 0 Å². The van der Waals surface area contributed by atoms with E-state index in [2.05, 4.69) is 26.5 Å². The Labute approximate surface area is 187 Å². The van der Waals surface area contributed by atoms with Gasteiger partial charge in [0.1, 0.15) is 12.3 Å². The fourth-order valence-corrected chi connectivity index (χ4v) is 3.16. The molecule has 2 rings (SSSR count). The van der Waals surface area contributed by atoms with Crippen molar-refractivity contribution in [3.8, 4) is 0 Å². The highest BCUT2D eigenvalue weighted by atomic mass is 16.4. The van der Waals surface area contributed by atoms with Crippen molar-refractivity contribution in [3.05, 3.63) is 71.8 Å². The average Bonchev–Trinajstić information content (AvgIpc) is 2.81. The molecule has 0 aromatic heterocycles. The smallest absolute Gasteiger partial charge is 0.335 e. The molecule has 0 spiro atoms. The fraction of sp³-hybridized carbons (Fsp3) is 0.304. The predicted octanol–water partition coefficient (Wildman–Crippen LogP) is 2.02. The zero-order valence-corrected chi connectivity index (χ0v) is 18.2. The number of hydrazone groups is 1. The Kier molecular flexibility index (Phi) is 9.86. The Bertz CT molecular complexity index is 879. The predicted molar refractivity (Wildman–Crippen MR) is 122 cm³/mol. The number of carbonyl (C=O) groups excluding carboxylic acids is 2. The van der Waals surface area contributed by atoms with Crippen LogP contribution < -0.4 is 21.4 Å². The molecule has 0 aliphatic rings. The molecular weight excluding hydrogens is 410 g/mol. The minimum absolute atomic E-state index is 0.00159. The normalized spacial score (nSPS) is 12.2. The maximum atomic E-state index is 12.7. The van der Waals surface area contributed by atoms with E-state index in [-0.39, 0.29) is 5.71 Å². The molecule has 9 nitrogen and oxygen atoms in total. The second kappa shape index (κ2) is 12.9. The highest BCUT2D eigenvalue weighted by Crippen LogP contribution is 2.21. The minimum atomic E-state index is -1.17. The molecule has 0 bridgehead atoms. The molecule has 0 heterocycles. The molecule has 1 atom stereocenters. The van der Waals surface area contributed by atoms with Crippen LogP contribution in [0.25, 0.3) is 0 Å². The topological polar surface area (TPSA) is 132 Å². The third-order valence-corrected chi connectivity index (χ3v) is 4.71. The van der Waals surface area contributed by atoms with Crippen molar-refractivity contribution in [2.45, 2.75) is 31.8 Å². The number of urea groups is 1. The molecular formula is C23H29N5O4. The van der Waals surface area contributed by atoms with E-state index in [1.165, 1.54) is 0 Å². The molecule has 0 saturated heterocycles. The first-order chi connectivity index (χ1) is 15.5. The van der Waals surface area contributed by atoms with E-state index in [4.69, 9.17) is 5.11 Å². The van der Waals surface area contributed by atoms with Crippen molar-refractivity contribution in [2.75, 3.05) is 13.6 Å². The summed E-state index contributed by atoms with van der Waals surface area (Å²) in [4.78, 5) is 36.0. The zero-order valence-electron chi connectivity index (χ0n) is 18.2. The van der Waals surface area contributed by atoms with E-state index in [0.29, 0.717) is 6.42 Å². The maximum absolute atomic E-state index is 12.7. The number of aliphatic carboxylic acids is 1. The number of rotatable bonds is 11. The lowest BCUT2D eigenvalue weighted by Crippen LogP contribution is -2.47. The molecule has 0 aliphatic heterocycles. The van der Waals surface area contributed by atoms with Crippen LogP contribution >= 0.6 is 0 Å². The number of nitrogens with one attached hydrogen (secondary N) is 4. The molecule has 0 fully saturated rings. The lowest BCUT2D eigenvalue weighted by atomic mass is 9.99. The van der Waals surface area contributed by atoms with Gasteiger partial charge in [-0.3, -0.25) is 9.59 Å². The van der Waals surface area contributed by atoms with Crippen LogP contribution in [0.5, 0.6) is 0 Å². The molecule has 0 saturated carbocycles. The highest BCUT2D eigenvalue weighted by molar-refractivity contribution is 6.41. The number of nitrogens with zero attached hydrogens (tertiary/aromatic N) is 1. The third kappa shape index (κ3) is 7.51. The SMILES string of the molecule is CCCC(NC)/C(=N/NC(=O)NC(c1ccccc1)c1ccccc1)C(=O)NCC(=O)O. The summed E-state index contributed by atoms with van der Waals surface area (Å²) < 4.78 is 0. The van der Waals surface area contributed by atoms with Crippen molar-refractivity contribution >= 4 is 23.6 Å². The first-order valence-corrected chi connectivity index (χ1v) is 10.4. The number of carboxylic acids is 1. The summed E-state index contributed by atoms with van der Waals surface area (Å²) in [5.74, 6) is -1.84. The molecule has 2 aromatic rings. The van der Waals surface area contributed by atoms with E-state index >= 15 is 0 Å². The van der Waals surface area contributed by atoms with E-state index in [1.54, 1.807) is 7.05 Å². The zero-order chi connectivity index (χ0) is 23.3. The number of carboxylic acid groups (broad SMARTS) is 1. The summed E-state index contributed by atoms with van der Waals surface area (Å²) in [5.41, 5.74) is 4.16. The Balaban J connectivity index is 2.21. The van der Waals surface area contributed by atoms with Crippen LogP contribution in [-0.2, 0) is 9.59 Å². The Morgan fingerprint density at radius 1 is 0.969 bits per heavy atom. The van der Waals surface area contributed by atoms with Crippen LogP contribution in [0.15, 0.2) is 65.8 Å². The van der Waals surface area contributed by atoms with Gasteiger partial charge in [-0.05, 0) is 24.6 Å². The van der Waals surface area contributed by atoms with Crippen LogP contribution in [0.3, 0.4) is 0 Å². The Morgan fingerprint density at radius 2 is 1.53 bits per heavy atom. The summed E-state index contributed by atoms with van der Waals surface area (Å²) in [6.45, 7) is 1.40. The number of hydrogen-bond donors (Lipinski definition) is 5. The molecule has 5 N–H and O–H groups in total. The largest absolute Gasteiger partial charge is 0.480 e. The standard InChI is InChI=1S/C23H29N5O4/c1-3-10-18(24-2)21(22(31)25-15-19(29)30)27-28-23(32)26-20(16-11-6-4-7-12-16)17-13-8-5-9-14-17/h4-9,11-14,18,20,24H,3,10,15H2,1-2H3,(H,25,31)(H,29,30)(H2,26,28,32)/b27-21-. The summed E-state index contributed by atoms with van der Waals surface area (Å²) in [6, 6.07) is 17.5. The van der Waals surface area contributed by atoms with E-state index in [0.717, 1.165) is 17.5 Å². The first-order valence-electron chi connectivity index (χ1n) is 10.4. The van der Waals surface area contributed by atoms with Crippen LogP contribution in [0, 0.1) is 0 Å². The summed E-state index contributed by atoms with van der Waals surface area (Å²) in [7, 11) is 1.67. The van der Waals surface area contributed by atoms with Gasteiger partial charge in [0.2, 0.25) is 0 Å². The Morgan fingerprint density at radius 3 is 2.00 bits per heavy atom. The van der Waals surface area contributed by atoms with Gasteiger partial charge < -0.3 is 21.1 Å². The molecule has 2 aromatic carbocycles.